The van der Waals surface area contributed by atoms with E-state index in [4.69, 9.17) is 5.73 Å². The van der Waals surface area contributed by atoms with Crippen LogP contribution in [-0.4, -0.2) is 46.8 Å². The van der Waals surface area contributed by atoms with Crippen LogP contribution in [0.3, 0.4) is 0 Å². The molecule has 0 fully saturated rings. The summed E-state index contributed by atoms with van der Waals surface area (Å²) in [6.07, 6.45) is 3.09. The van der Waals surface area contributed by atoms with Gasteiger partial charge in [-0.2, -0.15) is 10.2 Å². The molecule has 0 atom stereocenters. The van der Waals surface area contributed by atoms with E-state index in [1.165, 1.54) is 35.3 Å². The highest BCUT2D eigenvalue weighted by molar-refractivity contribution is 5.92. The molecular weight excluding hydrogens is 589 g/mol. The number of hydrogen-bond donors (Lipinski definition) is 2. The third-order valence-electron chi connectivity index (χ3n) is 7.72. The molecule has 6 aromatic rings. The van der Waals surface area contributed by atoms with Gasteiger partial charge in [0.05, 0.1) is 22.6 Å². The number of aldehydes is 1. The Morgan fingerprint density at radius 1 is 1.04 bits per heavy atom. The first kappa shape index (κ1) is 31.6. The van der Waals surface area contributed by atoms with Crippen LogP contribution in [0, 0.1) is 19.7 Å². The molecule has 4 aromatic heterocycles. The molecule has 0 bridgehead atoms. The van der Waals surface area contributed by atoms with Crippen LogP contribution in [0.25, 0.3) is 33.6 Å². The Balaban J connectivity index is 0.000000188. The van der Waals surface area contributed by atoms with Gasteiger partial charge in [-0.25, -0.2) is 23.3 Å². The number of nitrogen functional groups attached to an aromatic ring is 1. The van der Waals surface area contributed by atoms with Crippen LogP contribution in [0.2, 0.25) is 0 Å². The van der Waals surface area contributed by atoms with Crippen LogP contribution in [0.15, 0.2) is 76.7 Å². The second-order valence-electron chi connectivity index (χ2n) is 11.0. The zero-order valence-corrected chi connectivity index (χ0v) is 26.3. The number of anilines is 2. The molecule has 0 unspecified atom stereocenters. The number of carbonyl (C=O) groups excluding carboxylic acids is 1. The van der Waals surface area contributed by atoms with Crippen molar-refractivity contribution >= 4 is 23.3 Å². The van der Waals surface area contributed by atoms with Gasteiger partial charge >= 0.3 is 5.69 Å². The van der Waals surface area contributed by atoms with Crippen LogP contribution in [0.1, 0.15) is 41.6 Å². The molecule has 0 saturated heterocycles. The van der Waals surface area contributed by atoms with E-state index >= 15 is 0 Å². The maximum atomic E-state index is 13.3. The van der Waals surface area contributed by atoms with Crippen LogP contribution >= 0.6 is 0 Å². The minimum atomic E-state index is -0.757. The lowest BCUT2D eigenvalue weighted by Gasteiger charge is -2.14. The Morgan fingerprint density at radius 3 is 2.35 bits per heavy atom. The molecule has 4 heterocycles. The highest BCUT2D eigenvalue weighted by Crippen LogP contribution is 2.37. The fourth-order valence-corrected chi connectivity index (χ4v) is 5.31. The smallest absolute Gasteiger partial charge is 0.335 e. The first-order valence-electron chi connectivity index (χ1n) is 14.5. The Bertz CT molecular complexity index is 2190. The molecule has 0 aliphatic carbocycles. The van der Waals surface area contributed by atoms with Gasteiger partial charge in [0.1, 0.15) is 17.7 Å². The van der Waals surface area contributed by atoms with E-state index in [2.05, 4.69) is 45.6 Å². The van der Waals surface area contributed by atoms with Crippen LogP contribution < -0.4 is 22.3 Å². The average molecular weight is 624 g/mol. The lowest BCUT2D eigenvalue weighted by atomic mass is 10.0. The molecular formula is C33H34FN9O3. The van der Waals surface area contributed by atoms with E-state index in [0.717, 1.165) is 55.6 Å². The number of fused-ring (bicyclic) bond motifs is 1. The fourth-order valence-electron chi connectivity index (χ4n) is 5.31. The SMILES string of the molecule is CC(C)n1cc(C=O)c(=O)n(-c2cccc(F)c2)c1=O.CNc1ccc(-c2cc(-c3c(C)nn(C)c3C)n3ncnc(N)c23)cc1. The summed E-state index contributed by atoms with van der Waals surface area (Å²) in [6.45, 7) is 7.56. The zero-order valence-electron chi connectivity index (χ0n) is 26.3. The molecule has 0 saturated carbocycles. The molecule has 0 spiro atoms. The van der Waals surface area contributed by atoms with Gasteiger partial charge in [0.25, 0.3) is 5.56 Å². The molecule has 0 aliphatic heterocycles. The molecule has 0 amide bonds. The number of nitrogens with one attached hydrogen (secondary N) is 1. The van der Waals surface area contributed by atoms with E-state index in [0.29, 0.717) is 12.1 Å². The average Bonchev–Trinajstić information content (AvgIpc) is 3.53. The Hall–Kier alpha value is -5.85. The van der Waals surface area contributed by atoms with Gasteiger partial charge in [-0.3, -0.25) is 18.8 Å². The Morgan fingerprint density at radius 2 is 1.76 bits per heavy atom. The summed E-state index contributed by atoms with van der Waals surface area (Å²) in [6, 6.07) is 15.2. The molecule has 13 heteroatoms. The summed E-state index contributed by atoms with van der Waals surface area (Å²) in [5, 5.41) is 12.1. The van der Waals surface area contributed by atoms with Gasteiger partial charge in [-0.05, 0) is 69.7 Å². The summed E-state index contributed by atoms with van der Waals surface area (Å²) in [7, 11) is 3.85. The molecule has 46 heavy (non-hydrogen) atoms. The van der Waals surface area contributed by atoms with Crippen LogP contribution in [0.4, 0.5) is 15.9 Å². The second kappa shape index (κ2) is 12.6. The number of aromatic nitrogens is 7. The van der Waals surface area contributed by atoms with Crippen molar-refractivity contribution in [3.05, 3.63) is 111 Å². The molecule has 0 aliphatic rings. The van der Waals surface area contributed by atoms with Crippen molar-refractivity contribution in [2.45, 2.75) is 33.7 Å². The van der Waals surface area contributed by atoms with Gasteiger partial charge < -0.3 is 11.1 Å². The third-order valence-corrected chi connectivity index (χ3v) is 7.72. The maximum absolute atomic E-state index is 13.3. The molecule has 0 radical (unpaired) electrons. The van der Waals surface area contributed by atoms with E-state index in [1.807, 2.05) is 42.3 Å². The Kier molecular flexibility index (Phi) is 8.67. The number of halogens is 1. The fraction of sp³-hybridized carbons (Fsp3) is 0.212. The first-order chi connectivity index (χ1) is 22.0. The van der Waals surface area contributed by atoms with Gasteiger partial charge in [0.15, 0.2) is 12.1 Å². The number of nitrogens with zero attached hydrogens (tertiary/aromatic N) is 7. The molecule has 2 aromatic carbocycles. The minimum Gasteiger partial charge on any atom is -0.388 e. The predicted octanol–water partition coefficient (Wildman–Crippen LogP) is 4.57. The maximum Gasteiger partial charge on any atom is 0.335 e. The summed E-state index contributed by atoms with van der Waals surface area (Å²) >= 11 is 0. The van der Waals surface area contributed by atoms with Crippen molar-refractivity contribution in [3.63, 3.8) is 0 Å². The van der Waals surface area contributed by atoms with Crippen molar-refractivity contribution in [2.24, 2.45) is 7.05 Å². The molecule has 6 rings (SSSR count). The standard InChI is InChI=1S/C19H21N7.C14H13FN2O3/c1-11-17(12(2)25(4)24-11)16-9-15(13-5-7-14(21-3)8-6-13)18-19(20)22-10-23-26(16)18;1-9(2)16-7-10(8-18)13(19)17(14(16)20)12-5-3-4-11(15)6-12/h5-10,21H,1-4H3,(H2,20,22,23);3-9H,1-2H3. The summed E-state index contributed by atoms with van der Waals surface area (Å²) < 4.78 is 19.1. The monoisotopic (exact) mass is 623 g/mol. The van der Waals surface area contributed by atoms with Crippen LogP contribution in [0.5, 0.6) is 0 Å². The number of carbonyl (C=O) groups is 1. The first-order valence-corrected chi connectivity index (χ1v) is 14.5. The lowest BCUT2D eigenvalue weighted by molar-refractivity contribution is 0.112. The van der Waals surface area contributed by atoms with Crippen molar-refractivity contribution in [2.75, 3.05) is 18.1 Å². The predicted molar refractivity (Wildman–Crippen MR) is 176 cm³/mol. The van der Waals surface area contributed by atoms with Gasteiger partial charge in [0, 0.05) is 48.8 Å². The molecule has 236 valence electrons. The number of rotatable bonds is 6. The van der Waals surface area contributed by atoms with E-state index in [1.54, 1.807) is 13.8 Å². The van der Waals surface area contributed by atoms with Crippen LogP contribution in [-0.2, 0) is 7.05 Å². The normalized spacial score (nSPS) is 11.0. The topological polar surface area (TPSA) is 147 Å². The van der Waals surface area contributed by atoms with Crippen molar-refractivity contribution in [1.29, 1.82) is 0 Å². The Labute approximate surface area is 263 Å². The quantitative estimate of drug-likeness (QED) is 0.257. The van der Waals surface area contributed by atoms with E-state index < -0.39 is 17.1 Å². The highest BCUT2D eigenvalue weighted by Gasteiger charge is 2.21. The largest absolute Gasteiger partial charge is 0.388 e. The summed E-state index contributed by atoms with van der Waals surface area (Å²) in [4.78, 5) is 39.6. The molecule has 12 nitrogen and oxygen atoms in total. The van der Waals surface area contributed by atoms with Gasteiger partial charge in [-0.15, -0.1) is 0 Å². The summed E-state index contributed by atoms with van der Waals surface area (Å²) in [5.41, 5.74) is 12.8. The number of benzene rings is 2. The van der Waals surface area contributed by atoms with Crippen molar-refractivity contribution in [1.82, 2.24) is 33.5 Å². The highest BCUT2D eigenvalue weighted by atomic mass is 19.1. The summed E-state index contributed by atoms with van der Waals surface area (Å²) in [5.74, 6) is -0.112. The lowest BCUT2D eigenvalue weighted by Crippen LogP contribution is -2.40. The van der Waals surface area contributed by atoms with Crippen molar-refractivity contribution in [3.8, 4) is 28.1 Å². The second-order valence-corrected chi connectivity index (χ2v) is 11.0. The third kappa shape index (κ3) is 5.70. The minimum absolute atomic E-state index is 0.0955. The van der Waals surface area contributed by atoms with E-state index in [-0.39, 0.29) is 17.3 Å². The molecule has 3 N–H and O–H groups in total. The number of nitrogens with two attached hydrogens (primary N) is 1. The number of hydrogen-bond acceptors (Lipinski definition) is 8. The van der Waals surface area contributed by atoms with Crippen molar-refractivity contribution < 1.29 is 9.18 Å². The zero-order chi connectivity index (χ0) is 33.3. The number of aryl methyl sites for hydroxylation is 2. The van der Waals surface area contributed by atoms with E-state index in [9.17, 15) is 18.8 Å². The van der Waals surface area contributed by atoms with Gasteiger partial charge in [0.2, 0.25) is 0 Å². The van der Waals surface area contributed by atoms with Gasteiger partial charge in [-0.1, -0.05) is 18.2 Å².